The van der Waals surface area contributed by atoms with Crippen LogP contribution in [0.2, 0.25) is 0 Å². The van der Waals surface area contributed by atoms with E-state index in [0.29, 0.717) is 11.5 Å². The molecule has 0 spiro atoms. The Labute approximate surface area is 139 Å². The van der Waals surface area contributed by atoms with Crippen LogP contribution in [0.5, 0.6) is 0 Å². The molecule has 3 aromatic rings. The monoisotopic (exact) mass is 318 g/mol. The Hall–Kier alpha value is -2.95. The summed E-state index contributed by atoms with van der Waals surface area (Å²) in [6, 6.07) is 8.04. The summed E-state index contributed by atoms with van der Waals surface area (Å²) in [6.07, 6.45) is 7.24. The number of anilines is 2. The van der Waals surface area contributed by atoms with E-state index in [1.807, 2.05) is 31.3 Å². The van der Waals surface area contributed by atoms with Crippen molar-refractivity contribution in [2.24, 2.45) is 5.92 Å². The number of carbonyl (C=O) groups excluding carboxylic acids is 1. The molecule has 1 fully saturated rings. The maximum absolute atomic E-state index is 11.8. The average molecular weight is 318 g/mol. The van der Waals surface area contributed by atoms with Gasteiger partial charge in [-0.05, 0) is 48.4 Å². The summed E-state index contributed by atoms with van der Waals surface area (Å²) in [6.45, 7) is 1.99. The number of aromatic nitrogens is 2. The van der Waals surface area contributed by atoms with Gasteiger partial charge in [-0.15, -0.1) is 0 Å². The third-order valence-corrected chi connectivity index (χ3v) is 4.49. The molecule has 0 saturated heterocycles. The standard InChI is InChI=1S/C19H18N4O/c1-11-16(9-21-10-17(11)20)14-5-4-13-7-18(22-8-15(13)6-14)23-19(24)12-2-3-12/h4-10,12H,2-3,20H2,1H3,(H,22,23,24). The zero-order chi connectivity index (χ0) is 16.7. The van der Waals surface area contributed by atoms with Gasteiger partial charge in [0.15, 0.2) is 0 Å². The van der Waals surface area contributed by atoms with Crippen LogP contribution in [0.4, 0.5) is 11.5 Å². The Bertz CT molecular complexity index is 947. The van der Waals surface area contributed by atoms with E-state index in [1.165, 1.54) is 0 Å². The van der Waals surface area contributed by atoms with Crippen LogP contribution in [0.25, 0.3) is 21.9 Å². The van der Waals surface area contributed by atoms with Gasteiger partial charge in [-0.25, -0.2) is 4.98 Å². The number of nitrogens with one attached hydrogen (secondary N) is 1. The number of rotatable bonds is 3. The maximum atomic E-state index is 11.8. The molecule has 0 atom stereocenters. The molecule has 1 aliphatic rings. The lowest BCUT2D eigenvalue weighted by atomic mass is 9.99. The second-order valence-corrected chi connectivity index (χ2v) is 6.30. The highest BCUT2D eigenvalue weighted by atomic mass is 16.2. The van der Waals surface area contributed by atoms with Crippen molar-refractivity contribution in [3.8, 4) is 11.1 Å². The summed E-state index contributed by atoms with van der Waals surface area (Å²) in [5.74, 6) is 0.845. The van der Waals surface area contributed by atoms with Gasteiger partial charge in [-0.2, -0.15) is 0 Å². The molecular formula is C19H18N4O. The van der Waals surface area contributed by atoms with E-state index >= 15 is 0 Å². The van der Waals surface area contributed by atoms with Gasteiger partial charge < -0.3 is 11.1 Å². The molecule has 2 aromatic heterocycles. The van der Waals surface area contributed by atoms with Crippen LogP contribution < -0.4 is 11.1 Å². The van der Waals surface area contributed by atoms with Gasteiger partial charge in [-0.1, -0.05) is 12.1 Å². The van der Waals surface area contributed by atoms with Crippen LogP contribution in [0.1, 0.15) is 18.4 Å². The van der Waals surface area contributed by atoms with Crippen molar-refractivity contribution in [1.29, 1.82) is 0 Å². The summed E-state index contributed by atoms with van der Waals surface area (Å²) < 4.78 is 0. The van der Waals surface area contributed by atoms with Crippen LogP contribution in [-0.4, -0.2) is 15.9 Å². The highest BCUT2D eigenvalue weighted by molar-refractivity contribution is 5.96. The maximum Gasteiger partial charge on any atom is 0.228 e. The van der Waals surface area contributed by atoms with E-state index in [0.717, 1.165) is 40.3 Å². The number of hydrogen-bond acceptors (Lipinski definition) is 4. The van der Waals surface area contributed by atoms with E-state index in [2.05, 4.69) is 21.4 Å². The molecule has 1 amide bonds. The van der Waals surface area contributed by atoms with Gasteiger partial charge in [-0.3, -0.25) is 9.78 Å². The van der Waals surface area contributed by atoms with Crippen LogP contribution in [0.15, 0.2) is 42.9 Å². The lowest BCUT2D eigenvalue weighted by molar-refractivity contribution is -0.117. The smallest absolute Gasteiger partial charge is 0.228 e. The van der Waals surface area contributed by atoms with Crippen molar-refractivity contribution < 1.29 is 4.79 Å². The van der Waals surface area contributed by atoms with Gasteiger partial charge in [0.2, 0.25) is 5.91 Å². The Morgan fingerprint density at radius 3 is 2.79 bits per heavy atom. The number of benzene rings is 1. The quantitative estimate of drug-likeness (QED) is 0.774. The van der Waals surface area contributed by atoms with Crippen molar-refractivity contribution in [2.45, 2.75) is 19.8 Å². The van der Waals surface area contributed by atoms with Crippen LogP contribution >= 0.6 is 0 Å². The Kier molecular flexibility index (Phi) is 3.41. The summed E-state index contributed by atoms with van der Waals surface area (Å²) in [4.78, 5) is 20.4. The van der Waals surface area contributed by atoms with Gasteiger partial charge in [0.1, 0.15) is 5.82 Å². The number of nitrogens with zero attached hydrogens (tertiary/aromatic N) is 2. The number of nitrogens with two attached hydrogens (primary N) is 1. The van der Waals surface area contributed by atoms with E-state index in [1.54, 1.807) is 12.4 Å². The Balaban J connectivity index is 1.68. The normalized spacial score (nSPS) is 13.9. The number of carbonyl (C=O) groups is 1. The predicted molar refractivity (Wildman–Crippen MR) is 95.5 cm³/mol. The van der Waals surface area contributed by atoms with E-state index in [4.69, 9.17) is 5.73 Å². The summed E-state index contributed by atoms with van der Waals surface area (Å²) in [7, 11) is 0. The molecule has 120 valence electrons. The zero-order valence-electron chi connectivity index (χ0n) is 13.4. The van der Waals surface area contributed by atoms with Crippen molar-refractivity contribution in [3.05, 3.63) is 48.4 Å². The van der Waals surface area contributed by atoms with Crippen LogP contribution in [-0.2, 0) is 4.79 Å². The molecule has 0 radical (unpaired) electrons. The van der Waals surface area contributed by atoms with Crippen LogP contribution in [0.3, 0.4) is 0 Å². The zero-order valence-corrected chi connectivity index (χ0v) is 13.4. The first kappa shape index (κ1) is 14.6. The molecule has 0 bridgehead atoms. The first-order valence-corrected chi connectivity index (χ1v) is 8.03. The first-order chi connectivity index (χ1) is 11.6. The third-order valence-electron chi connectivity index (χ3n) is 4.49. The van der Waals surface area contributed by atoms with Gasteiger partial charge in [0.25, 0.3) is 0 Å². The fraction of sp³-hybridized carbons (Fsp3) is 0.211. The van der Waals surface area contributed by atoms with Gasteiger partial charge in [0.05, 0.1) is 11.9 Å². The van der Waals surface area contributed by atoms with Crippen molar-refractivity contribution in [3.63, 3.8) is 0 Å². The molecule has 0 unspecified atom stereocenters. The summed E-state index contributed by atoms with van der Waals surface area (Å²) in [5, 5.41) is 4.93. The molecule has 3 N–H and O–H groups in total. The molecule has 5 nitrogen and oxygen atoms in total. The molecule has 1 saturated carbocycles. The van der Waals surface area contributed by atoms with Crippen molar-refractivity contribution >= 4 is 28.2 Å². The highest BCUT2D eigenvalue weighted by Crippen LogP contribution is 2.31. The van der Waals surface area contributed by atoms with E-state index in [-0.39, 0.29) is 11.8 Å². The lowest BCUT2D eigenvalue weighted by Gasteiger charge is -2.10. The number of amides is 1. The van der Waals surface area contributed by atoms with Crippen LogP contribution in [0, 0.1) is 12.8 Å². The average Bonchev–Trinajstić information content (AvgIpc) is 3.42. The highest BCUT2D eigenvalue weighted by Gasteiger charge is 2.29. The lowest BCUT2D eigenvalue weighted by Crippen LogP contribution is -2.14. The van der Waals surface area contributed by atoms with Crippen molar-refractivity contribution in [1.82, 2.24) is 9.97 Å². The second kappa shape index (κ2) is 5.60. The van der Waals surface area contributed by atoms with Crippen molar-refractivity contribution in [2.75, 3.05) is 11.1 Å². The number of fused-ring (bicyclic) bond motifs is 1. The molecule has 1 aliphatic carbocycles. The minimum atomic E-state index is 0.0694. The largest absolute Gasteiger partial charge is 0.397 e. The molecule has 24 heavy (non-hydrogen) atoms. The Morgan fingerprint density at radius 1 is 1.17 bits per heavy atom. The Morgan fingerprint density at radius 2 is 2.00 bits per heavy atom. The molecule has 1 aromatic carbocycles. The number of hydrogen-bond donors (Lipinski definition) is 2. The number of pyridine rings is 2. The first-order valence-electron chi connectivity index (χ1n) is 8.03. The number of nitrogen functional groups attached to an aromatic ring is 1. The third kappa shape index (κ3) is 2.69. The van der Waals surface area contributed by atoms with E-state index in [9.17, 15) is 4.79 Å². The summed E-state index contributed by atoms with van der Waals surface area (Å²) >= 11 is 0. The molecular weight excluding hydrogens is 300 g/mol. The van der Waals surface area contributed by atoms with E-state index < -0.39 is 0 Å². The fourth-order valence-electron chi connectivity index (χ4n) is 2.78. The molecule has 4 rings (SSSR count). The minimum Gasteiger partial charge on any atom is -0.397 e. The SMILES string of the molecule is Cc1c(N)cncc1-c1ccc2cc(NC(=O)C3CC3)ncc2c1. The predicted octanol–water partition coefficient (Wildman–Crippen LogP) is 3.54. The molecule has 5 heteroatoms. The fourth-order valence-corrected chi connectivity index (χ4v) is 2.78. The van der Waals surface area contributed by atoms with Gasteiger partial charge in [0, 0.05) is 29.3 Å². The summed E-state index contributed by atoms with van der Waals surface area (Å²) in [5.41, 5.74) is 9.72. The van der Waals surface area contributed by atoms with Gasteiger partial charge >= 0.3 is 0 Å². The topological polar surface area (TPSA) is 80.9 Å². The second-order valence-electron chi connectivity index (χ2n) is 6.30. The minimum absolute atomic E-state index is 0.0694. The molecule has 2 heterocycles. The molecule has 0 aliphatic heterocycles.